The molecule has 0 aliphatic carbocycles. The van der Waals surface area contributed by atoms with E-state index in [1.165, 1.54) is 11.1 Å². The first-order valence-corrected chi connectivity index (χ1v) is 6.17. The highest BCUT2D eigenvalue weighted by Gasteiger charge is 2.10. The molecule has 2 N–H and O–H groups in total. The molecule has 0 saturated carbocycles. The average molecular weight is 252 g/mol. The Kier molecular flexibility index (Phi) is 5.82. The average Bonchev–Trinajstić information content (AvgIpc) is 2.37. The molecular formula is C14H20O4. The summed E-state index contributed by atoms with van der Waals surface area (Å²) in [5.41, 5.74) is 3.27. The van der Waals surface area contributed by atoms with Gasteiger partial charge in [0.25, 0.3) is 0 Å². The SMILES string of the molecule is CCc1ccc(C(O)COCC(=O)O)cc1CC. The predicted molar refractivity (Wildman–Crippen MR) is 68.6 cm³/mol. The maximum absolute atomic E-state index is 10.3. The first kappa shape index (κ1) is 14.7. The Labute approximate surface area is 107 Å². The molecule has 4 heteroatoms. The highest BCUT2D eigenvalue weighted by atomic mass is 16.5. The highest BCUT2D eigenvalue weighted by Crippen LogP contribution is 2.19. The lowest BCUT2D eigenvalue weighted by Crippen LogP contribution is -2.13. The molecule has 1 aromatic rings. The van der Waals surface area contributed by atoms with Gasteiger partial charge in [0.05, 0.1) is 6.61 Å². The maximum atomic E-state index is 10.3. The van der Waals surface area contributed by atoms with E-state index in [4.69, 9.17) is 9.84 Å². The minimum absolute atomic E-state index is 0.000919. The summed E-state index contributed by atoms with van der Waals surface area (Å²) >= 11 is 0. The smallest absolute Gasteiger partial charge is 0.329 e. The zero-order valence-corrected chi connectivity index (χ0v) is 10.8. The molecule has 4 nitrogen and oxygen atoms in total. The molecular weight excluding hydrogens is 232 g/mol. The van der Waals surface area contributed by atoms with Crippen molar-refractivity contribution in [2.24, 2.45) is 0 Å². The summed E-state index contributed by atoms with van der Waals surface area (Å²) in [5.74, 6) is -1.03. The van der Waals surface area contributed by atoms with Gasteiger partial charge >= 0.3 is 5.97 Å². The lowest BCUT2D eigenvalue weighted by molar-refractivity contribution is -0.143. The van der Waals surface area contributed by atoms with Crippen LogP contribution in [0.5, 0.6) is 0 Å². The molecule has 100 valence electrons. The number of carboxylic acid groups (broad SMARTS) is 1. The Morgan fingerprint density at radius 2 is 1.94 bits per heavy atom. The Morgan fingerprint density at radius 3 is 2.50 bits per heavy atom. The molecule has 0 aromatic heterocycles. The Morgan fingerprint density at radius 1 is 1.28 bits per heavy atom. The molecule has 18 heavy (non-hydrogen) atoms. The van der Waals surface area contributed by atoms with E-state index in [2.05, 4.69) is 13.8 Å². The number of carboxylic acids is 1. The van der Waals surface area contributed by atoms with E-state index in [1.807, 2.05) is 18.2 Å². The van der Waals surface area contributed by atoms with Crippen molar-refractivity contribution in [3.8, 4) is 0 Å². The van der Waals surface area contributed by atoms with E-state index in [0.29, 0.717) is 0 Å². The van der Waals surface area contributed by atoms with Crippen molar-refractivity contribution >= 4 is 5.97 Å². The number of hydrogen-bond donors (Lipinski definition) is 2. The number of benzene rings is 1. The largest absolute Gasteiger partial charge is 0.480 e. The van der Waals surface area contributed by atoms with Crippen molar-refractivity contribution in [2.75, 3.05) is 13.2 Å². The fourth-order valence-corrected chi connectivity index (χ4v) is 1.88. The molecule has 1 rings (SSSR count). The normalized spacial score (nSPS) is 12.4. The third-order valence-electron chi connectivity index (χ3n) is 2.88. The van der Waals surface area contributed by atoms with E-state index in [0.717, 1.165) is 18.4 Å². The number of hydrogen-bond acceptors (Lipinski definition) is 3. The van der Waals surface area contributed by atoms with E-state index in [-0.39, 0.29) is 13.2 Å². The van der Waals surface area contributed by atoms with Gasteiger partial charge in [-0.05, 0) is 29.5 Å². The quantitative estimate of drug-likeness (QED) is 0.778. The van der Waals surface area contributed by atoms with Crippen molar-refractivity contribution in [2.45, 2.75) is 32.8 Å². The summed E-state index contributed by atoms with van der Waals surface area (Å²) < 4.78 is 4.89. The summed E-state index contributed by atoms with van der Waals surface area (Å²) in [6, 6.07) is 5.84. The van der Waals surface area contributed by atoms with Crippen molar-refractivity contribution in [3.05, 3.63) is 34.9 Å². The van der Waals surface area contributed by atoms with E-state index < -0.39 is 12.1 Å². The fourth-order valence-electron chi connectivity index (χ4n) is 1.88. The standard InChI is InChI=1S/C14H20O4/c1-3-10-5-6-12(7-11(10)4-2)13(15)8-18-9-14(16)17/h5-7,13,15H,3-4,8-9H2,1-2H3,(H,16,17). The van der Waals surface area contributed by atoms with Crippen LogP contribution in [0.4, 0.5) is 0 Å². The van der Waals surface area contributed by atoms with Gasteiger partial charge in [0.15, 0.2) is 0 Å². The molecule has 1 atom stereocenters. The minimum Gasteiger partial charge on any atom is -0.480 e. The van der Waals surface area contributed by atoms with Crippen molar-refractivity contribution in [3.63, 3.8) is 0 Å². The van der Waals surface area contributed by atoms with Crippen LogP contribution in [-0.4, -0.2) is 29.4 Å². The molecule has 0 radical (unpaired) electrons. The van der Waals surface area contributed by atoms with Crippen LogP contribution in [0.2, 0.25) is 0 Å². The van der Waals surface area contributed by atoms with Crippen LogP contribution in [-0.2, 0) is 22.4 Å². The van der Waals surface area contributed by atoms with Crippen molar-refractivity contribution in [1.82, 2.24) is 0 Å². The number of rotatable bonds is 7. The molecule has 0 fully saturated rings. The molecule has 1 aromatic carbocycles. The van der Waals surface area contributed by atoms with Crippen LogP contribution < -0.4 is 0 Å². The first-order chi connectivity index (χ1) is 8.58. The third-order valence-corrected chi connectivity index (χ3v) is 2.88. The number of aliphatic hydroxyl groups excluding tert-OH is 1. The lowest BCUT2D eigenvalue weighted by Gasteiger charge is -2.14. The van der Waals surface area contributed by atoms with Crippen LogP contribution >= 0.6 is 0 Å². The second-order valence-corrected chi connectivity index (χ2v) is 4.16. The minimum atomic E-state index is -1.03. The van der Waals surface area contributed by atoms with Crippen LogP contribution in [0, 0.1) is 0 Å². The summed E-state index contributed by atoms with van der Waals surface area (Å²) in [7, 11) is 0. The van der Waals surface area contributed by atoms with Crippen LogP contribution in [0.15, 0.2) is 18.2 Å². The van der Waals surface area contributed by atoms with E-state index in [9.17, 15) is 9.90 Å². The summed E-state index contributed by atoms with van der Waals surface area (Å²) in [5, 5.41) is 18.3. The second-order valence-electron chi connectivity index (χ2n) is 4.16. The third kappa shape index (κ3) is 4.13. The number of ether oxygens (including phenoxy) is 1. The molecule has 0 aliphatic rings. The van der Waals surface area contributed by atoms with E-state index in [1.54, 1.807) is 0 Å². The van der Waals surface area contributed by atoms with Crippen molar-refractivity contribution < 1.29 is 19.7 Å². The summed E-state index contributed by atoms with van der Waals surface area (Å²) in [4.78, 5) is 10.3. The van der Waals surface area contributed by atoms with Crippen LogP contribution in [0.3, 0.4) is 0 Å². The van der Waals surface area contributed by atoms with Crippen molar-refractivity contribution in [1.29, 1.82) is 0 Å². The second kappa shape index (κ2) is 7.13. The van der Waals surface area contributed by atoms with Gasteiger partial charge in [-0.1, -0.05) is 32.0 Å². The highest BCUT2D eigenvalue weighted by molar-refractivity contribution is 5.67. The van der Waals surface area contributed by atoms with Crippen LogP contribution in [0.1, 0.15) is 36.6 Å². The molecule has 0 heterocycles. The van der Waals surface area contributed by atoms with Gasteiger partial charge in [-0.25, -0.2) is 4.79 Å². The monoisotopic (exact) mass is 252 g/mol. The molecule has 0 bridgehead atoms. The van der Waals surface area contributed by atoms with Gasteiger partial charge in [0.2, 0.25) is 0 Å². The van der Waals surface area contributed by atoms with Gasteiger partial charge in [-0.3, -0.25) is 0 Å². The number of aryl methyl sites for hydroxylation is 2. The lowest BCUT2D eigenvalue weighted by atomic mass is 9.98. The molecule has 0 amide bonds. The first-order valence-electron chi connectivity index (χ1n) is 6.17. The molecule has 1 unspecified atom stereocenters. The Hall–Kier alpha value is -1.39. The molecule has 0 spiro atoms. The number of carbonyl (C=O) groups is 1. The van der Waals surface area contributed by atoms with Gasteiger partial charge in [-0.2, -0.15) is 0 Å². The zero-order chi connectivity index (χ0) is 13.5. The maximum Gasteiger partial charge on any atom is 0.329 e. The number of aliphatic hydroxyl groups is 1. The van der Waals surface area contributed by atoms with Gasteiger partial charge in [0, 0.05) is 0 Å². The topological polar surface area (TPSA) is 66.8 Å². The van der Waals surface area contributed by atoms with Gasteiger partial charge < -0.3 is 14.9 Å². The van der Waals surface area contributed by atoms with Gasteiger partial charge in [-0.15, -0.1) is 0 Å². The molecule has 0 aliphatic heterocycles. The fraction of sp³-hybridized carbons (Fsp3) is 0.500. The Bertz CT molecular complexity index is 401. The summed E-state index contributed by atoms with van der Waals surface area (Å²) in [6.45, 7) is 3.79. The summed E-state index contributed by atoms with van der Waals surface area (Å²) in [6.07, 6.45) is 1.11. The zero-order valence-electron chi connectivity index (χ0n) is 10.8. The molecule has 0 saturated heterocycles. The van der Waals surface area contributed by atoms with Gasteiger partial charge in [0.1, 0.15) is 12.7 Å². The van der Waals surface area contributed by atoms with E-state index >= 15 is 0 Å². The predicted octanol–water partition coefficient (Wildman–Crippen LogP) is 1.95. The number of aliphatic carboxylic acids is 1. The van der Waals surface area contributed by atoms with Crippen LogP contribution in [0.25, 0.3) is 0 Å². The Balaban J connectivity index is 2.67.